The summed E-state index contributed by atoms with van der Waals surface area (Å²) >= 11 is 0. The van der Waals surface area contributed by atoms with Gasteiger partial charge in [-0.2, -0.15) is 0 Å². The monoisotopic (exact) mass is 364 g/mol. The lowest BCUT2D eigenvalue weighted by atomic mass is 10.0. The average molecular weight is 365 g/mol. The Bertz CT molecular complexity index is 329. The third-order valence-electron chi connectivity index (χ3n) is 4.37. The molecule has 0 aromatic carbocycles. The summed E-state index contributed by atoms with van der Waals surface area (Å²) < 4.78 is 4.52. The van der Waals surface area contributed by atoms with Gasteiger partial charge in [-0.25, -0.2) is 4.79 Å². The standard InChI is InChI=1S/C21H38O3.Mg.2H/c1-3-5-6-7-8-9-10-11-12-13-14-15-16-17-18-19-21(23)24-20(22)4-2;;;/h4H,2-3,5-19H2,1H3;;;. The Hall–Kier alpha value is -0.354. The van der Waals surface area contributed by atoms with E-state index in [0.29, 0.717) is 6.42 Å². The van der Waals surface area contributed by atoms with E-state index in [1.165, 1.54) is 83.5 Å². The lowest BCUT2D eigenvalue weighted by molar-refractivity contribution is -0.156. The normalized spacial score (nSPS) is 10.1. The number of carbonyl (C=O) groups is 2. The highest BCUT2D eigenvalue weighted by Crippen LogP contribution is 2.13. The Morgan fingerprint density at radius 2 is 1.08 bits per heavy atom. The van der Waals surface area contributed by atoms with E-state index in [1.807, 2.05) is 0 Å². The molecule has 25 heavy (non-hydrogen) atoms. The summed E-state index contributed by atoms with van der Waals surface area (Å²) in [5.41, 5.74) is 0. The zero-order valence-corrected chi connectivity index (χ0v) is 15.8. The van der Waals surface area contributed by atoms with Crippen molar-refractivity contribution in [2.75, 3.05) is 0 Å². The molecule has 0 saturated carbocycles. The molecule has 0 amide bonds. The number of carbonyl (C=O) groups excluding carboxylic acids is 2. The fraction of sp³-hybridized carbons (Fsp3) is 0.810. The first-order valence-electron chi connectivity index (χ1n) is 10.1. The molecule has 4 heteroatoms. The van der Waals surface area contributed by atoms with Gasteiger partial charge in [0, 0.05) is 12.5 Å². The molecule has 0 aliphatic rings. The molecule has 0 aliphatic carbocycles. The molecule has 3 nitrogen and oxygen atoms in total. The molecule has 0 aromatic rings. The fourth-order valence-corrected chi connectivity index (χ4v) is 2.85. The summed E-state index contributed by atoms with van der Waals surface area (Å²) in [6.07, 6.45) is 20.8. The van der Waals surface area contributed by atoms with E-state index in [-0.39, 0.29) is 23.1 Å². The molecular formula is C21H40MgO3. The van der Waals surface area contributed by atoms with E-state index in [2.05, 4.69) is 18.2 Å². The molecule has 0 spiro atoms. The molecule has 0 N–H and O–H groups in total. The fourth-order valence-electron chi connectivity index (χ4n) is 2.85. The van der Waals surface area contributed by atoms with Crippen molar-refractivity contribution in [3.63, 3.8) is 0 Å². The zero-order valence-electron chi connectivity index (χ0n) is 15.8. The first-order chi connectivity index (χ1) is 11.7. The van der Waals surface area contributed by atoms with Crippen LogP contribution in [0.25, 0.3) is 0 Å². The second-order valence-corrected chi connectivity index (χ2v) is 6.70. The van der Waals surface area contributed by atoms with Gasteiger partial charge in [-0.05, 0) is 6.42 Å². The first-order valence-corrected chi connectivity index (χ1v) is 10.1. The van der Waals surface area contributed by atoms with Gasteiger partial charge in [0.1, 0.15) is 0 Å². The minimum Gasteiger partial charge on any atom is -0.390 e. The molecule has 0 atom stereocenters. The third kappa shape index (κ3) is 21.6. The molecule has 0 rings (SSSR count). The summed E-state index contributed by atoms with van der Waals surface area (Å²) in [7, 11) is 0. The van der Waals surface area contributed by atoms with Crippen LogP contribution < -0.4 is 0 Å². The van der Waals surface area contributed by atoms with Crippen LogP contribution in [0.5, 0.6) is 0 Å². The number of ether oxygens (including phenoxy) is 1. The predicted octanol–water partition coefficient (Wildman–Crippen LogP) is 5.59. The summed E-state index contributed by atoms with van der Waals surface area (Å²) in [6.45, 7) is 5.53. The van der Waals surface area contributed by atoms with E-state index >= 15 is 0 Å². The molecule has 0 aromatic heterocycles. The van der Waals surface area contributed by atoms with Gasteiger partial charge in [0.15, 0.2) is 0 Å². The molecule has 0 aliphatic heterocycles. The predicted molar refractivity (Wildman–Crippen MR) is 109 cm³/mol. The van der Waals surface area contributed by atoms with Crippen LogP contribution in [0.3, 0.4) is 0 Å². The van der Waals surface area contributed by atoms with Crippen LogP contribution in [0, 0.1) is 0 Å². The molecule has 0 saturated heterocycles. The minimum absolute atomic E-state index is 0. The van der Waals surface area contributed by atoms with Gasteiger partial charge in [0.2, 0.25) is 0 Å². The highest BCUT2D eigenvalue weighted by atomic mass is 24.3. The van der Waals surface area contributed by atoms with Crippen molar-refractivity contribution < 1.29 is 14.3 Å². The molecular weight excluding hydrogens is 325 g/mol. The van der Waals surface area contributed by atoms with E-state index < -0.39 is 11.9 Å². The largest absolute Gasteiger partial charge is 0.390 e. The highest BCUT2D eigenvalue weighted by molar-refractivity contribution is 5.91. The van der Waals surface area contributed by atoms with Gasteiger partial charge in [-0.15, -0.1) is 0 Å². The van der Waals surface area contributed by atoms with Gasteiger partial charge < -0.3 is 4.74 Å². The smallest absolute Gasteiger partial charge is 0.337 e. The maximum absolute atomic E-state index is 11.3. The second-order valence-electron chi connectivity index (χ2n) is 6.70. The van der Waals surface area contributed by atoms with E-state index in [9.17, 15) is 9.59 Å². The van der Waals surface area contributed by atoms with Crippen molar-refractivity contribution in [2.45, 2.75) is 110 Å². The van der Waals surface area contributed by atoms with Crippen LogP contribution in [-0.4, -0.2) is 35.0 Å². The average Bonchev–Trinajstić information content (AvgIpc) is 2.58. The van der Waals surface area contributed by atoms with Crippen molar-refractivity contribution in [3.05, 3.63) is 12.7 Å². The van der Waals surface area contributed by atoms with Crippen molar-refractivity contribution >= 4 is 35.0 Å². The second kappa shape index (κ2) is 21.7. The maximum Gasteiger partial charge on any atom is 0.337 e. The van der Waals surface area contributed by atoms with Crippen LogP contribution in [-0.2, 0) is 14.3 Å². The van der Waals surface area contributed by atoms with Crippen LogP contribution >= 0.6 is 0 Å². The van der Waals surface area contributed by atoms with E-state index in [4.69, 9.17) is 0 Å². The summed E-state index contributed by atoms with van der Waals surface area (Å²) in [5, 5.41) is 0. The topological polar surface area (TPSA) is 43.4 Å². The van der Waals surface area contributed by atoms with Crippen LogP contribution in [0.4, 0.5) is 0 Å². The third-order valence-corrected chi connectivity index (χ3v) is 4.37. The molecule has 0 unspecified atom stereocenters. The lowest BCUT2D eigenvalue weighted by Crippen LogP contribution is -2.09. The SMILES string of the molecule is C=CC(=O)OC(=O)CCCCCCCCCCCCCCCCC.[MgH2]. The molecule has 144 valence electrons. The van der Waals surface area contributed by atoms with Gasteiger partial charge in [0.25, 0.3) is 0 Å². The van der Waals surface area contributed by atoms with Crippen LogP contribution in [0.15, 0.2) is 12.7 Å². The number of esters is 2. The summed E-state index contributed by atoms with van der Waals surface area (Å²) in [5.74, 6) is -1.09. The first kappa shape index (κ1) is 26.9. The van der Waals surface area contributed by atoms with E-state index in [1.54, 1.807) is 0 Å². The Morgan fingerprint density at radius 3 is 1.44 bits per heavy atom. The Morgan fingerprint density at radius 1 is 0.720 bits per heavy atom. The Kier molecular flexibility index (Phi) is 23.3. The van der Waals surface area contributed by atoms with E-state index in [0.717, 1.165) is 18.9 Å². The van der Waals surface area contributed by atoms with Crippen molar-refractivity contribution in [1.29, 1.82) is 0 Å². The molecule has 0 fully saturated rings. The number of hydrogen-bond acceptors (Lipinski definition) is 3. The number of rotatable bonds is 17. The quantitative estimate of drug-likeness (QED) is 0.111. The Balaban J connectivity index is 0. The summed E-state index contributed by atoms with van der Waals surface area (Å²) in [4.78, 5) is 22.1. The van der Waals surface area contributed by atoms with Crippen LogP contribution in [0.1, 0.15) is 110 Å². The van der Waals surface area contributed by atoms with Gasteiger partial charge >= 0.3 is 35.0 Å². The van der Waals surface area contributed by atoms with Crippen molar-refractivity contribution in [3.8, 4) is 0 Å². The van der Waals surface area contributed by atoms with Crippen molar-refractivity contribution in [2.24, 2.45) is 0 Å². The summed E-state index contributed by atoms with van der Waals surface area (Å²) in [6, 6.07) is 0. The highest BCUT2D eigenvalue weighted by Gasteiger charge is 2.06. The minimum atomic E-state index is -0.652. The molecule has 0 radical (unpaired) electrons. The number of hydrogen-bond donors (Lipinski definition) is 0. The van der Waals surface area contributed by atoms with Crippen molar-refractivity contribution in [1.82, 2.24) is 0 Å². The zero-order chi connectivity index (χ0) is 17.9. The lowest BCUT2D eigenvalue weighted by Gasteiger charge is -2.03. The van der Waals surface area contributed by atoms with Gasteiger partial charge in [-0.3, -0.25) is 4.79 Å². The maximum atomic E-state index is 11.3. The molecule has 0 bridgehead atoms. The van der Waals surface area contributed by atoms with Gasteiger partial charge in [-0.1, -0.05) is 103 Å². The van der Waals surface area contributed by atoms with Crippen LogP contribution in [0.2, 0.25) is 0 Å². The molecule has 0 heterocycles. The number of unbranched alkanes of at least 4 members (excludes halogenated alkanes) is 14. The van der Waals surface area contributed by atoms with Gasteiger partial charge in [0.05, 0.1) is 0 Å². The Labute approximate surface area is 171 Å².